The number of para-hydroxylation sites is 1. The second-order valence-corrected chi connectivity index (χ2v) is 4.89. The molecule has 0 saturated carbocycles. The van der Waals surface area contributed by atoms with Gasteiger partial charge >= 0.3 is 0 Å². The quantitative estimate of drug-likeness (QED) is 0.803. The zero-order chi connectivity index (χ0) is 15.2. The monoisotopic (exact) mass is 288 g/mol. The summed E-state index contributed by atoms with van der Waals surface area (Å²) >= 11 is 0. The molecule has 4 heteroatoms. The van der Waals surface area contributed by atoms with Crippen molar-refractivity contribution in [2.24, 2.45) is 0 Å². The van der Waals surface area contributed by atoms with Crippen molar-refractivity contribution in [2.45, 2.75) is 19.8 Å². The van der Waals surface area contributed by atoms with E-state index in [-0.39, 0.29) is 5.82 Å². The second-order valence-electron chi connectivity index (χ2n) is 4.89. The molecule has 0 fully saturated rings. The lowest BCUT2D eigenvalue weighted by atomic mass is 10.2. The van der Waals surface area contributed by atoms with Crippen LogP contribution in [0.1, 0.15) is 19.8 Å². The molecule has 2 N–H and O–H groups in total. The number of unbranched alkanes of at least 4 members (excludes halogenated alkanes) is 1. The van der Waals surface area contributed by atoms with Crippen LogP contribution in [0.15, 0.2) is 42.5 Å². The second kappa shape index (κ2) is 6.97. The van der Waals surface area contributed by atoms with Crippen LogP contribution in [0.4, 0.5) is 21.5 Å². The summed E-state index contributed by atoms with van der Waals surface area (Å²) in [5.41, 5.74) is 7.51. The molecule has 0 unspecified atom stereocenters. The average molecular weight is 288 g/mol. The Labute approximate surface area is 125 Å². The zero-order valence-electron chi connectivity index (χ0n) is 12.5. The molecule has 112 valence electrons. The molecule has 2 aromatic carbocycles. The van der Waals surface area contributed by atoms with Gasteiger partial charge in [0.1, 0.15) is 11.6 Å². The predicted molar refractivity (Wildman–Crippen MR) is 85.7 cm³/mol. The van der Waals surface area contributed by atoms with Crippen LogP contribution in [0, 0.1) is 5.82 Å². The van der Waals surface area contributed by atoms with E-state index in [1.54, 1.807) is 6.07 Å². The van der Waals surface area contributed by atoms with Gasteiger partial charge in [0.2, 0.25) is 0 Å². The van der Waals surface area contributed by atoms with Crippen molar-refractivity contribution in [2.75, 3.05) is 24.3 Å². The molecule has 0 saturated heterocycles. The first-order chi connectivity index (χ1) is 10.2. The number of nitrogen functional groups attached to an aromatic ring is 1. The van der Waals surface area contributed by atoms with Crippen molar-refractivity contribution >= 4 is 17.1 Å². The van der Waals surface area contributed by atoms with Crippen LogP contribution in [0.3, 0.4) is 0 Å². The fourth-order valence-electron chi connectivity index (χ4n) is 2.25. The van der Waals surface area contributed by atoms with Gasteiger partial charge in [-0.1, -0.05) is 31.5 Å². The first-order valence-electron chi connectivity index (χ1n) is 7.13. The van der Waals surface area contributed by atoms with E-state index in [9.17, 15) is 4.39 Å². The zero-order valence-corrected chi connectivity index (χ0v) is 12.5. The standard InChI is InChI=1S/C17H21FN2O/c1-3-4-10-20(13-8-6-5-7-9-13)16-12-17(21-2)15(19)11-14(16)18/h5-9,11-12H,3-4,10,19H2,1-2H3. The topological polar surface area (TPSA) is 38.5 Å². The van der Waals surface area contributed by atoms with Gasteiger partial charge in [-0.2, -0.15) is 0 Å². The summed E-state index contributed by atoms with van der Waals surface area (Å²) in [7, 11) is 1.53. The van der Waals surface area contributed by atoms with Crippen LogP contribution in [-0.4, -0.2) is 13.7 Å². The van der Waals surface area contributed by atoms with Crippen LogP contribution >= 0.6 is 0 Å². The van der Waals surface area contributed by atoms with E-state index in [2.05, 4.69) is 6.92 Å². The van der Waals surface area contributed by atoms with Gasteiger partial charge < -0.3 is 15.4 Å². The number of anilines is 3. The molecule has 2 rings (SSSR count). The van der Waals surface area contributed by atoms with Crippen LogP contribution in [0.2, 0.25) is 0 Å². The number of ether oxygens (including phenoxy) is 1. The molecule has 0 aromatic heterocycles. The highest BCUT2D eigenvalue weighted by Gasteiger charge is 2.16. The molecule has 0 bridgehead atoms. The van der Waals surface area contributed by atoms with Gasteiger partial charge in [-0.15, -0.1) is 0 Å². The van der Waals surface area contributed by atoms with Crippen molar-refractivity contribution in [3.8, 4) is 5.75 Å². The Bertz CT molecular complexity index is 587. The maximum Gasteiger partial charge on any atom is 0.149 e. The van der Waals surface area contributed by atoms with E-state index >= 15 is 0 Å². The summed E-state index contributed by atoms with van der Waals surface area (Å²) in [6.45, 7) is 2.85. The van der Waals surface area contributed by atoms with Crippen molar-refractivity contribution in [3.63, 3.8) is 0 Å². The number of halogens is 1. The molecule has 0 spiro atoms. The Morgan fingerprint density at radius 1 is 1.19 bits per heavy atom. The molecular weight excluding hydrogens is 267 g/mol. The van der Waals surface area contributed by atoms with E-state index in [4.69, 9.17) is 10.5 Å². The van der Waals surface area contributed by atoms with Gasteiger partial charge in [-0.25, -0.2) is 4.39 Å². The van der Waals surface area contributed by atoms with Crippen molar-refractivity contribution in [1.29, 1.82) is 0 Å². The SMILES string of the molecule is CCCCN(c1ccccc1)c1cc(OC)c(N)cc1F. The Morgan fingerprint density at radius 3 is 2.52 bits per heavy atom. The molecule has 0 radical (unpaired) electrons. The van der Waals surface area contributed by atoms with Gasteiger partial charge in [-0.05, 0) is 18.6 Å². The van der Waals surface area contributed by atoms with Gasteiger partial charge in [0, 0.05) is 24.4 Å². The summed E-state index contributed by atoms with van der Waals surface area (Å²) in [4.78, 5) is 1.96. The highest BCUT2D eigenvalue weighted by Crippen LogP contribution is 2.34. The summed E-state index contributed by atoms with van der Waals surface area (Å²) in [6.07, 6.45) is 2.01. The van der Waals surface area contributed by atoms with E-state index in [1.807, 2.05) is 35.2 Å². The number of nitrogens with two attached hydrogens (primary N) is 1. The van der Waals surface area contributed by atoms with Crippen molar-refractivity contribution in [1.82, 2.24) is 0 Å². The number of hydrogen-bond donors (Lipinski definition) is 1. The molecule has 0 heterocycles. The van der Waals surface area contributed by atoms with Crippen LogP contribution in [0.5, 0.6) is 5.75 Å². The minimum absolute atomic E-state index is 0.308. The summed E-state index contributed by atoms with van der Waals surface area (Å²) in [6, 6.07) is 12.8. The Hall–Kier alpha value is -2.23. The van der Waals surface area contributed by atoms with E-state index in [1.165, 1.54) is 13.2 Å². The number of rotatable bonds is 6. The van der Waals surface area contributed by atoms with Gasteiger partial charge in [0.05, 0.1) is 18.5 Å². The molecule has 21 heavy (non-hydrogen) atoms. The first kappa shape index (κ1) is 15.2. The third-order valence-corrected chi connectivity index (χ3v) is 3.39. The molecule has 0 aliphatic carbocycles. The van der Waals surface area contributed by atoms with Gasteiger partial charge in [0.25, 0.3) is 0 Å². The number of benzene rings is 2. The molecule has 0 amide bonds. The Kier molecular flexibility index (Phi) is 5.04. The van der Waals surface area contributed by atoms with Crippen molar-refractivity contribution in [3.05, 3.63) is 48.3 Å². The minimum atomic E-state index is -0.340. The van der Waals surface area contributed by atoms with E-state index in [0.717, 1.165) is 25.1 Å². The predicted octanol–water partition coefficient (Wildman–Crippen LogP) is 4.35. The average Bonchev–Trinajstić information content (AvgIpc) is 2.50. The first-order valence-corrected chi connectivity index (χ1v) is 7.13. The normalized spacial score (nSPS) is 10.4. The van der Waals surface area contributed by atoms with Crippen LogP contribution < -0.4 is 15.4 Å². The third-order valence-electron chi connectivity index (χ3n) is 3.39. The smallest absolute Gasteiger partial charge is 0.149 e. The molecule has 0 aliphatic rings. The minimum Gasteiger partial charge on any atom is -0.495 e. The summed E-state index contributed by atoms with van der Waals surface area (Å²) in [5.74, 6) is 0.150. The Morgan fingerprint density at radius 2 is 1.90 bits per heavy atom. The van der Waals surface area contributed by atoms with Crippen molar-refractivity contribution < 1.29 is 9.13 Å². The number of hydrogen-bond acceptors (Lipinski definition) is 3. The Balaban J connectivity index is 2.46. The third kappa shape index (κ3) is 3.45. The van der Waals surface area contributed by atoms with Gasteiger partial charge in [-0.3, -0.25) is 0 Å². The highest BCUT2D eigenvalue weighted by molar-refractivity contribution is 5.69. The molecule has 2 aromatic rings. The lowest BCUT2D eigenvalue weighted by Crippen LogP contribution is -2.19. The molecule has 3 nitrogen and oxygen atoms in total. The van der Waals surface area contributed by atoms with Crippen LogP contribution in [-0.2, 0) is 0 Å². The fraction of sp³-hybridized carbons (Fsp3) is 0.294. The summed E-state index contributed by atoms with van der Waals surface area (Å²) < 4.78 is 19.6. The summed E-state index contributed by atoms with van der Waals surface area (Å²) in [5, 5.41) is 0. The van der Waals surface area contributed by atoms with E-state index in [0.29, 0.717) is 17.1 Å². The highest BCUT2D eigenvalue weighted by atomic mass is 19.1. The lowest BCUT2D eigenvalue weighted by Gasteiger charge is -2.26. The lowest BCUT2D eigenvalue weighted by molar-refractivity contribution is 0.416. The maximum absolute atomic E-state index is 14.4. The van der Waals surface area contributed by atoms with Crippen LogP contribution in [0.25, 0.3) is 0 Å². The molecule has 0 aliphatic heterocycles. The number of nitrogens with zero attached hydrogens (tertiary/aromatic N) is 1. The van der Waals surface area contributed by atoms with Gasteiger partial charge in [0.15, 0.2) is 0 Å². The number of methoxy groups -OCH3 is 1. The van der Waals surface area contributed by atoms with E-state index < -0.39 is 0 Å². The fourth-order valence-corrected chi connectivity index (χ4v) is 2.25. The molecule has 0 atom stereocenters. The maximum atomic E-state index is 14.4. The largest absolute Gasteiger partial charge is 0.495 e. The molecular formula is C17H21FN2O.